The van der Waals surface area contributed by atoms with Crippen LogP contribution in [0.1, 0.15) is 13.3 Å². The molecule has 1 heterocycles. The van der Waals surface area contributed by atoms with Crippen molar-refractivity contribution in [1.29, 1.82) is 0 Å². The van der Waals surface area contributed by atoms with E-state index in [0.717, 1.165) is 19.5 Å². The van der Waals surface area contributed by atoms with E-state index in [1.807, 2.05) is 4.90 Å². The molecule has 2 nitrogen and oxygen atoms in total. The molecule has 0 aromatic rings. The van der Waals surface area contributed by atoms with Gasteiger partial charge in [0.05, 0.1) is 0 Å². The van der Waals surface area contributed by atoms with Crippen molar-refractivity contribution in [3.63, 3.8) is 0 Å². The molecule has 0 spiro atoms. The van der Waals surface area contributed by atoms with Crippen LogP contribution in [0.4, 0.5) is 8.78 Å². The first-order valence-corrected chi connectivity index (χ1v) is 4.32. The Hall–Kier alpha value is -0.220. The summed E-state index contributed by atoms with van der Waals surface area (Å²) in [5.74, 6) is 0.648. The van der Waals surface area contributed by atoms with Gasteiger partial charge in [-0.15, -0.1) is 0 Å². The fraction of sp³-hybridized carbons (Fsp3) is 1.00. The maximum absolute atomic E-state index is 11.9. The minimum atomic E-state index is -2.61. The maximum atomic E-state index is 11.9. The number of rotatable bonds is 4. The van der Waals surface area contributed by atoms with Crippen LogP contribution in [-0.2, 0) is 0 Å². The highest BCUT2D eigenvalue weighted by Crippen LogP contribution is 2.19. The van der Waals surface area contributed by atoms with Gasteiger partial charge in [-0.1, -0.05) is 13.3 Å². The molecule has 0 amide bonds. The molecule has 1 atom stereocenters. The highest BCUT2D eigenvalue weighted by Gasteiger charge is 2.29. The molecule has 1 rings (SSSR count). The molecule has 0 aromatic carbocycles. The zero-order valence-electron chi connectivity index (χ0n) is 7.21. The molecule has 1 unspecified atom stereocenters. The van der Waals surface area contributed by atoms with Crippen LogP contribution in [0, 0.1) is 5.92 Å². The van der Waals surface area contributed by atoms with Gasteiger partial charge in [-0.3, -0.25) is 4.90 Å². The van der Waals surface area contributed by atoms with Gasteiger partial charge in [0.25, 0.3) is 6.43 Å². The summed E-state index contributed by atoms with van der Waals surface area (Å²) in [5, 5.41) is 8.83. The molecule has 1 N–H and O–H groups in total. The van der Waals surface area contributed by atoms with Gasteiger partial charge >= 0.3 is 0 Å². The fourth-order valence-corrected chi connectivity index (χ4v) is 1.43. The van der Waals surface area contributed by atoms with Crippen LogP contribution >= 0.6 is 0 Å². The Morgan fingerprint density at radius 3 is 2.50 bits per heavy atom. The number of hydrogen-bond acceptors (Lipinski definition) is 2. The average molecular weight is 179 g/mol. The van der Waals surface area contributed by atoms with Crippen molar-refractivity contribution in [1.82, 2.24) is 4.90 Å². The summed E-state index contributed by atoms with van der Waals surface area (Å²) in [6.45, 7) is 3.93. The largest absolute Gasteiger partial charge is 0.386 e. The first-order chi connectivity index (χ1) is 5.63. The van der Waals surface area contributed by atoms with Crippen molar-refractivity contribution in [3.05, 3.63) is 0 Å². The number of hydrogen-bond donors (Lipinski definition) is 1. The molecule has 1 fully saturated rings. The molecule has 0 radical (unpaired) electrons. The van der Waals surface area contributed by atoms with Crippen LogP contribution in [-0.4, -0.2) is 42.2 Å². The van der Waals surface area contributed by atoms with E-state index in [0.29, 0.717) is 5.92 Å². The second-order valence-electron chi connectivity index (χ2n) is 3.39. The molecule has 0 bridgehead atoms. The molecule has 1 aliphatic heterocycles. The Balaban J connectivity index is 2.10. The fourth-order valence-electron chi connectivity index (χ4n) is 1.43. The highest BCUT2D eigenvalue weighted by molar-refractivity contribution is 4.80. The van der Waals surface area contributed by atoms with E-state index in [2.05, 4.69) is 6.92 Å². The van der Waals surface area contributed by atoms with E-state index in [-0.39, 0.29) is 6.54 Å². The standard InChI is InChI=1S/C8H15F2NO/c1-2-6-3-11(4-6)5-7(12)8(9)10/h6-8,12H,2-5H2,1H3. The highest BCUT2D eigenvalue weighted by atomic mass is 19.3. The zero-order chi connectivity index (χ0) is 9.14. The van der Waals surface area contributed by atoms with E-state index >= 15 is 0 Å². The third kappa shape index (κ3) is 2.38. The summed E-state index contributed by atoms with van der Waals surface area (Å²) in [6.07, 6.45) is -2.98. The molecule has 0 aromatic heterocycles. The molecule has 1 saturated heterocycles. The Morgan fingerprint density at radius 1 is 1.50 bits per heavy atom. The van der Waals surface area contributed by atoms with E-state index in [1.165, 1.54) is 0 Å². The smallest absolute Gasteiger partial charge is 0.265 e. The second kappa shape index (κ2) is 4.14. The monoisotopic (exact) mass is 179 g/mol. The first kappa shape index (κ1) is 9.86. The first-order valence-electron chi connectivity index (χ1n) is 4.32. The Kier molecular flexibility index (Phi) is 3.40. The lowest BCUT2D eigenvalue weighted by Crippen LogP contribution is -2.50. The SMILES string of the molecule is CCC1CN(CC(O)C(F)F)C1. The summed E-state index contributed by atoms with van der Waals surface area (Å²) < 4.78 is 23.7. The van der Waals surface area contributed by atoms with Gasteiger partial charge in [-0.05, 0) is 5.92 Å². The number of likely N-dealkylation sites (tertiary alicyclic amines) is 1. The summed E-state index contributed by atoms with van der Waals surface area (Å²) in [4.78, 5) is 1.87. The zero-order valence-corrected chi connectivity index (χ0v) is 7.21. The van der Waals surface area contributed by atoms with Crippen LogP contribution in [0.5, 0.6) is 0 Å². The Morgan fingerprint density at radius 2 is 2.08 bits per heavy atom. The molecule has 0 saturated carbocycles. The number of β-amino-alcohol motifs (C(OH)–C–C–N with tert-alkyl or cyclic N) is 1. The predicted molar refractivity (Wildman–Crippen MR) is 42.2 cm³/mol. The van der Waals surface area contributed by atoms with Crippen LogP contribution in [0.15, 0.2) is 0 Å². The number of alkyl halides is 2. The van der Waals surface area contributed by atoms with Crippen LogP contribution in [0.2, 0.25) is 0 Å². The number of halogens is 2. The second-order valence-corrected chi connectivity index (χ2v) is 3.39. The lowest BCUT2D eigenvalue weighted by Gasteiger charge is -2.39. The molecule has 0 aliphatic carbocycles. The maximum Gasteiger partial charge on any atom is 0.265 e. The molecule has 4 heteroatoms. The normalized spacial score (nSPS) is 22.8. The number of aliphatic hydroxyl groups is 1. The number of nitrogens with zero attached hydrogens (tertiary/aromatic N) is 1. The predicted octanol–water partition coefficient (Wildman–Crippen LogP) is 0.954. The Bertz CT molecular complexity index is 137. The molecule has 12 heavy (non-hydrogen) atoms. The van der Waals surface area contributed by atoms with Crippen molar-refractivity contribution in [2.45, 2.75) is 25.9 Å². The van der Waals surface area contributed by atoms with Crippen molar-refractivity contribution in [2.75, 3.05) is 19.6 Å². The lowest BCUT2D eigenvalue weighted by molar-refractivity contribution is -0.0437. The van der Waals surface area contributed by atoms with Crippen molar-refractivity contribution >= 4 is 0 Å². The third-order valence-corrected chi connectivity index (χ3v) is 2.35. The Labute approximate surface area is 71.2 Å². The van der Waals surface area contributed by atoms with E-state index in [9.17, 15) is 8.78 Å². The summed E-state index contributed by atoms with van der Waals surface area (Å²) in [7, 11) is 0. The molecule has 72 valence electrons. The lowest BCUT2D eigenvalue weighted by atomic mass is 9.97. The van der Waals surface area contributed by atoms with Crippen molar-refractivity contribution in [2.24, 2.45) is 5.92 Å². The van der Waals surface area contributed by atoms with Gasteiger partial charge in [0.1, 0.15) is 6.10 Å². The van der Waals surface area contributed by atoms with Crippen LogP contribution < -0.4 is 0 Å². The summed E-state index contributed by atoms with van der Waals surface area (Å²) in [6, 6.07) is 0. The number of aliphatic hydroxyl groups excluding tert-OH is 1. The molecular formula is C8H15F2NO. The quantitative estimate of drug-likeness (QED) is 0.694. The summed E-state index contributed by atoms with van der Waals surface area (Å²) >= 11 is 0. The van der Waals surface area contributed by atoms with E-state index in [1.54, 1.807) is 0 Å². The molecular weight excluding hydrogens is 164 g/mol. The van der Waals surface area contributed by atoms with Crippen molar-refractivity contribution < 1.29 is 13.9 Å². The minimum absolute atomic E-state index is 0.119. The van der Waals surface area contributed by atoms with Gasteiger partial charge in [0.2, 0.25) is 0 Å². The molecule has 1 aliphatic rings. The topological polar surface area (TPSA) is 23.5 Å². The van der Waals surface area contributed by atoms with Crippen LogP contribution in [0.3, 0.4) is 0 Å². The van der Waals surface area contributed by atoms with Gasteiger partial charge in [-0.25, -0.2) is 8.78 Å². The minimum Gasteiger partial charge on any atom is -0.386 e. The summed E-state index contributed by atoms with van der Waals surface area (Å²) in [5.41, 5.74) is 0. The van der Waals surface area contributed by atoms with Gasteiger partial charge in [-0.2, -0.15) is 0 Å². The third-order valence-electron chi connectivity index (χ3n) is 2.35. The average Bonchev–Trinajstić information content (AvgIpc) is 1.94. The van der Waals surface area contributed by atoms with Gasteiger partial charge in [0.15, 0.2) is 0 Å². The van der Waals surface area contributed by atoms with Gasteiger partial charge < -0.3 is 5.11 Å². The van der Waals surface area contributed by atoms with Crippen LogP contribution in [0.25, 0.3) is 0 Å². The van der Waals surface area contributed by atoms with E-state index in [4.69, 9.17) is 5.11 Å². The van der Waals surface area contributed by atoms with Crippen molar-refractivity contribution in [3.8, 4) is 0 Å². The van der Waals surface area contributed by atoms with Gasteiger partial charge in [0, 0.05) is 19.6 Å². The van der Waals surface area contributed by atoms with E-state index < -0.39 is 12.5 Å².